The molecular formula is C17H33NO2. The van der Waals surface area contributed by atoms with E-state index in [2.05, 4.69) is 60.7 Å². The minimum absolute atomic E-state index is 0.00615. The van der Waals surface area contributed by atoms with E-state index in [0.29, 0.717) is 18.1 Å². The third-order valence-electron chi connectivity index (χ3n) is 4.08. The van der Waals surface area contributed by atoms with Gasteiger partial charge in [-0.2, -0.15) is 0 Å². The van der Waals surface area contributed by atoms with Crippen LogP contribution in [0.25, 0.3) is 0 Å². The van der Waals surface area contributed by atoms with Crippen LogP contribution in [0.3, 0.4) is 0 Å². The molecule has 118 valence electrons. The van der Waals surface area contributed by atoms with Gasteiger partial charge in [-0.1, -0.05) is 34.6 Å². The zero-order valence-electron chi connectivity index (χ0n) is 14.5. The quantitative estimate of drug-likeness (QED) is 0.754. The van der Waals surface area contributed by atoms with Gasteiger partial charge in [0.1, 0.15) is 0 Å². The lowest BCUT2D eigenvalue weighted by molar-refractivity contribution is -0.130. The Morgan fingerprint density at radius 3 is 2.05 bits per heavy atom. The summed E-state index contributed by atoms with van der Waals surface area (Å²) in [7, 11) is 0. The van der Waals surface area contributed by atoms with Crippen LogP contribution in [0.1, 0.15) is 68.2 Å². The summed E-state index contributed by atoms with van der Waals surface area (Å²) in [5.41, 5.74) is -0.208. The van der Waals surface area contributed by atoms with E-state index in [1.165, 1.54) is 0 Å². The molecule has 0 saturated carbocycles. The van der Waals surface area contributed by atoms with E-state index in [1.54, 1.807) is 0 Å². The lowest BCUT2D eigenvalue weighted by Crippen LogP contribution is -2.49. The number of hydrogen-bond donors (Lipinski definition) is 1. The number of epoxide rings is 1. The molecular weight excluding hydrogens is 250 g/mol. The fourth-order valence-electron chi connectivity index (χ4n) is 2.74. The van der Waals surface area contributed by atoms with Crippen molar-refractivity contribution in [2.75, 3.05) is 0 Å². The van der Waals surface area contributed by atoms with E-state index < -0.39 is 0 Å². The summed E-state index contributed by atoms with van der Waals surface area (Å²) < 4.78 is 5.48. The highest BCUT2D eigenvalue weighted by atomic mass is 16.6. The van der Waals surface area contributed by atoms with Crippen molar-refractivity contribution in [1.29, 1.82) is 0 Å². The molecule has 0 aromatic heterocycles. The number of hydrogen-bond acceptors (Lipinski definition) is 2. The maximum absolute atomic E-state index is 12.7. The van der Waals surface area contributed by atoms with Crippen molar-refractivity contribution in [2.24, 2.45) is 17.3 Å². The second-order valence-corrected chi connectivity index (χ2v) is 8.51. The van der Waals surface area contributed by atoms with E-state index in [1.807, 2.05) is 0 Å². The molecule has 0 radical (unpaired) electrons. The van der Waals surface area contributed by atoms with Gasteiger partial charge < -0.3 is 10.1 Å². The average molecular weight is 283 g/mol. The Labute approximate surface area is 124 Å². The molecule has 1 aliphatic heterocycles. The van der Waals surface area contributed by atoms with Gasteiger partial charge in [-0.25, -0.2) is 0 Å². The summed E-state index contributed by atoms with van der Waals surface area (Å²) >= 11 is 0. The van der Waals surface area contributed by atoms with E-state index in [4.69, 9.17) is 4.74 Å². The van der Waals surface area contributed by atoms with Crippen LogP contribution in [0.15, 0.2) is 0 Å². The number of rotatable bonds is 6. The molecule has 1 N–H and O–H groups in total. The van der Waals surface area contributed by atoms with Crippen molar-refractivity contribution in [3.8, 4) is 0 Å². The van der Waals surface area contributed by atoms with Crippen molar-refractivity contribution in [2.45, 2.75) is 86.0 Å². The largest absolute Gasteiger partial charge is 0.370 e. The Morgan fingerprint density at radius 1 is 1.20 bits per heavy atom. The summed E-state index contributed by atoms with van der Waals surface area (Å²) in [6.07, 6.45) is 2.48. The van der Waals surface area contributed by atoms with Gasteiger partial charge in [0.05, 0.1) is 12.2 Å². The first kappa shape index (κ1) is 17.5. The van der Waals surface area contributed by atoms with Gasteiger partial charge in [0.15, 0.2) is 0 Å². The van der Waals surface area contributed by atoms with Crippen LogP contribution in [-0.2, 0) is 9.53 Å². The molecule has 1 fully saturated rings. The Balaban J connectivity index is 2.64. The predicted octanol–water partition coefficient (Wildman–Crippen LogP) is 3.77. The van der Waals surface area contributed by atoms with Gasteiger partial charge in [-0.05, 0) is 44.9 Å². The molecule has 3 nitrogen and oxygen atoms in total. The maximum Gasteiger partial charge on any atom is 0.224 e. The Hall–Kier alpha value is -0.570. The van der Waals surface area contributed by atoms with E-state index in [-0.39, 0.29) is 22.8 Å². The molecule has 1 amide bonds. The van der Waals surface area contributed by atoms with Crippen molar-refractivity contribution in [3.63, 3.8) is 0 Å². The van der Waals surface area contributed by atoms with Crippen molar-refractivity contribution >= 4 is 5.91 Å². The first-order valence-electron chi connectivity index (χ1n) is 7.90. The summed E-state index contributed by atoms with van der Waals surface area (Å²) in [6, 6.07) is 0. The first-order valence-corrected chi connectivity index (χ1v) is 7.90. The van der Waals surface area contributed by atoms with Gasteiger partial charge >= 0.3 is 0 Å². The van der Waals surface area contributed by atoms with Crippen molar-refractivity contribution in [3.05, 3.63) is 0 Å². The normalized spacial score (nSPS) is 24.6. The van der Waals surface area contributed by atoms with E-state index in [0.717, 1.165) is 12.8 Å². The standard InChI is InChI=1S/C17H33NO2/c1-11(2)9-13(16(4,5)6)15(19)18-17(7,8)10-14-12(3)20-14/h11-14H,9-10H2,1-8H3,(H,18,19)/t12-,13?,14?/m0/s1. The number of carbonyl (C=O) groups excluding carboxylic acids is 1. The monoisotopic (exact) mass is 283 g/mol. The zero-order valence-corrected chi connectivity index (χ0v) is 14.5. The molecule has 1 saturated heterocycles. The summed E-state index contributed by atoms with van der Waals surface area (Å²) in [5, 5.41) is 3.24. The predicted molar refractivity (Wildman–Crippen MR) is 83.6 cm³/mol. The van der Waals surface area contributed by atoms with Crippen LogP contribution >= 0.6 is 0 Å². The first-order chi connectivity index (χ1) is 8.92. The van der Waals surface area contributed by atoms with Gasteiger partial charge in [0.25, 0.3) is 0 Å². The topological polar surface area (TPSA) is 41.6 Å². The van der Waals surface area contributed by atoms with Crippen molar-refractivity contribution in [1.82, 2.24) is 5.32 Å². The lowest BCUT2D eigenvalue weighted by Gasteiger charge is -2.35. The minimum atomic E-state index is -0.201. The highest BCUT2D eigenvalue weighted by Gasteiger charge is 2.41. The summed E-state index contributed by atoms with van der Waals surface area (Å²) in [6.45, 7) is 17.1. The van der Waals surface area contributed by atoms with Gasteiger partial charge in [-0.15, -0.1) is 0 Å². The van der Waals surface area contributed by atoms with Crippen molar-refractivity contribution < 1.29 is 9.53 Å². The number of amides is 1. The number of ether oxygens (including phenoxy) is 1. The molecule has 3 heteroatoms. The molecule has 0 aromatic carbocycles. The molecule has 1 aliphatic rings. The third-order valence-corrected chi connectivity index (χ3v) is 4.08. The van der Waals surface area contributed by atoms with E-state index >= 15 is 0 Å². The van der Waals surface area contributed by atoms with Crippen LogP contribution in [0.2, 0.25) is 0 Å². The van der Waals surface area contributed by atoms with Crippen LogP contribution < -0.4 is 5.32 Å². The highest BCUT2D eigenvalue weighted by molar-refractivity contribution is 5.80. The minimum Gasteiger partial charge on any atom is -0.370 e. The Kier molecular flexibility index (Phi) is 5.29. The van der Waals surface area contributed by atoms with Crippen LogP contribution in [0.5, 0.6) is 0 Å². The molecule has 0 spiro atoms. The smallest absolute Gasteiger partial charge is 0.224 e. The molecule has 0 aromatic rings. The maximum atomic E-state index is 12.7. The van der Waals surface area contributed by atoms with Gasteiger partial charge in [-0.3, -0.25) is 4.79 Å². The van der Waals surface area contributed by atoms with E-state index in [9.17, 15) is 4.79 Å². The highest BCUT2D eigenvalue weighted by Crippen LogP contribution is 2.33. The fourth-order valence-corrected chi connectivity index (χ4v) is 2.74. The van der Waals surface area contributed by atoms with Crippen LogP contribution in [0, 0.1) is 17.3 Å². The molecule has 1 rings (SSSR count). The van der Waals surface area contributed by atoms with Crippen LogP contribution in [0.4, 0.5) is 0 Å². The summed E-state index contributed by atoms with van der Waals surface area (Å²) in [5.74, 6) is 0.767. The molecule has 2 unspecified atom stereocenters. The molecule has 1 heterocycles. The average Bonchev–Trinajstić information content (AvgIpc) is 2.86. The van der Waals surface area contributed by atoms with Gasteiger partial charge in [0.2, 0.25) is 5.91 Å². The fraction of sp³-hybridized carbons (Fsp3) is 0.941. The number of nitrogens with one attached hydrogen (secondary N) is 1. The molecule has 3 atom stereocenters. The Bertz CT molecular complexity index is 341. The third kappa shape index (κ3) is 5.43. The molecule has 20 heavy (non-hydrogen) atoms. The zero-order chi connectivity index (χ0) is 15.7. The molecule has 0 aliphatic carbocycles. The SMILES string of the molecule is CC(C)CC(C(=O)NC(C)(C)CC1O[C@H]1C)C(C)(C)C. The second kappa shape index (κ2) is 6.05. The lowest BCUT2D eigenvalue weighted by atomic mass is 9.75. The van der Waals surface area contributed by atoms with Crippen LogP contribution in [-0.4, -0.2) is 23.7 Å². The number of carbonyl (C=O) groups is 1. The molecule has 0 bridgehead atoms. The summed E-state index contributed by atoms with van der Waals surface area (Å²) in [4.78, 5) is 12.7. The second-order valence-electron chi connectivity index (χ2n) is 8.51. The Morgan fingerprint density at radius 2 is 1.70 bits per heavy atom. The van der Waals surface area contributed by atoms with Gasteiger partial charge in [0, 0.05) is 11.5 Å².